The number of carboxylic acid groups (broad SMARTS) is 1. The van der Waals surface area contributed by atoms with E-state index in [0.717, 1.165) is 30.2 Å². The summed E-state index contributed by atoms with van der Waals surface area (Å²) in [4.78, 5) is 10.2. The zero-order valence-electron chi connectivity index (χ0n) is 10.3. The number of aliphatic carboxylic acids is 1. The summed E-state index contributed by atoms with van der Waals surface area (Å²) in [6, 6.07) is 7.26. The van der Waals surface area contributed by atoms with Crippen molar-refractivity contribution in [2.75, 3.05) is 6.61 Å². The average molecular weight is 226 g/mol. The molecule has 1 aromatic carbocycles. The van der Waals surface area contributed by atoms with E-state index in [1.807, 2.05) is 12.1 Å². The van der Waals surface area contributed by atoms with Gasteiger partial charge in [-0.25, -0.2) is 0 Å². The van der Waals surface area contributed by atoms with Crippen LogP contribution in [0.25, 0.3) is 6.08 Å². The number of ether oxygens (including phenoxy) is 1. The van der Waals surface area contributed by atoms with Crippen molar-refractivity contribution in [2.45, 2.75) is 19.8 Å². The second-order valence-corrected chi connectivity index (χ2v) is 3.42. The van der Waals surface area contributed by atoms with Gasteiger partial charge in [0.15, 0.2) is 0 Å². The van der Waals surface area contributed by atoms with Crippen LogP contribution in [0.15, 0.2) is 30.3 Å². The Balaban J connectivity index is 0.00000256. The summed E-state index contributed by atoms with van der Waals surface area (Å²) < 4.78 is 5.47. The van der Waals surface area contributed by atoms with Crippen LogP contribution in [0.5, 0.6) is 5.75 Å². The largest absolute Gasteiger partial charge is 1.00 e. The summed E-state index contributed by atoms with van der Waals surface area (Å²) in [5.41, 5.74) is 0.812. The first-order valence-corrected chi connectivity index (χ1v) is 5.34. The van der Waals surface area contributed by atoms with Gasteiger partial charge in [-0.2, -0.15) is 0 Å². The molecule has 3 nitrogen and oxygen atoms in total. The maximum atomic E-state index is 10.2. The number of unbranched alkanes of at least 4 members (excludes halogenated alkanes) is 1. The molecule has 1 aromatic rings. The van der Waals surface area contributed by atoms with E-state index < -0.39 is 5.97 Å². The van der Waals surface area contributed by atoms with Crippen molar-refractivity contribution in [1.82, 2.24) is 0 Å². The fourth-order valence-electron chi connectivity index (χ4n) is 1.17. The quantitative estimate of drug-likeness (QED) is 0.342. The third kappa shape index (κ3) is 6.88. The minimum atomic E-state index is -1.19. The van der Waals surface area contributed by atoms with E-state index in [1.165, 1.54) is 6.08 Å². The zero-order chi connectivity index (χ0) is 11.8. The second-order valence-electron chi connectivity index (χ2n) is 3.42. The summed E-state index contributed by atoms with van der Waals surface area (Å²) in [5, 5.41) is 10.2. The number of rotatable bonds is 6. The van der Waals surface area contributed by atoms with Crippen LogP contribution in [0.2, 0.25) is 0 Å². The van der Waals surface area contributed by atoms with Crippen molar-refractivity contribution < 1.29 is 33.5 Å². The van der Waals surface area contributed by atoms with Crippen molar-refractivity contribution in [2.24, 2.45) is 0 Å². The molecule has 0 spiro atoms. The maximum Gasteiger partial charge on any atom is 1.00 e. The Hall–Kier alpha value is -1.17. The van der Waals surface area contributed by atoms with Gasteiger partial charge in [-0.3, -0.25) is 0 Å². The predicted molar refractivity (Wildman–Crippen MR) is 60.9 cm³/mol. The number of hydrogen-bond donors (Lipinski definition) is 0. The van der Waals surface area contributed by atoms with Crippen molar-refractivity contribution in [1.29, 1.82) is 0 Å². The molecule has 4 heteroatoms. The second kappa shape index (κ2) is 8.92. The summed E-state index contributed by atoms with van der Waals surface area (Å²) >= 11 is 0. The monoisotopic (exact) mass is 226 g/mol. The van der Waals surface area contributed by atoms with Crippen LogP contribution in [-0.4, -0.2) is 12.6 Å². The molecule has 0 heterocycles. The van der Waals surface area contributed by atoms with E-state index in [1.54, 1.807) is 12.1 Å². The fourth-order valence-corrected chi connectivity index (χ4v) is 1.17. The minimum absolute atomic E-state index is 0. The summed E-state index contributed by atoms with van der Waals surface area (Å²) in [5.74, 6) is -0.387. The number of benzene rings is 1. The first kappa shape index (κ1) is 15.8. The number of carbonyl (C=O) groups is 1. The Bertz CT molecular complexity index is 357. The molecule has 0 amide bonds. The molecule has 86 valence electrons. The van der Waals surface area contributed by atoms with Gasteiger partial charge >= 0.3 is 18.9 Å². The van der Waals surface area contributed by atoms with Gasteiger partial charge in [-0.05, 0) is 30.2 Å². The van der Waals surface area contributed by atoms with E-state index in [9.17, 15) is 9.90 Å². The number of carbonyl (C=O) groups excluding carboxylic acids is 1. The number of carboxylic acids is 1. The molecule has 0 aliphatic carbocycles. The number of hydrogen-bond acceptors (Lipinski definition) is 3. The van der Waals surface area contributed by atoms with Crippen LogP contribution in [0.3, 0.4) is 0 Å². The van der Waals surface area contributed by atoms with Crippen LogP contribution in [-0.2, 0) is 4.79 Å². The van der Waals surface area contributed by atoms with Gasteiger partial charge in [0, 0.05) is 0 Å². The maximum absolute atomic E-state index is 10.2. The van der Waals surface area contributed by atoms with E-state index in [2.05, 4.69) is 6.92 Å². The van der Waals surface area contributed by atoms with Gasteiger partial charge in [0.2, 0.25) is 0 Å². The molecule has 17 heavy (non-hydrogen) atoms. The van der Waals surface area contributed by atoms with Gasteiger partial charge in [0.05, 0.1) is 12.6 Å². The van der Waals surface area contributed by atoms with E-state index in [-0.39, 0.29) is 18.9 Å². The van der Waals surface area contributed by atoms with Crippen molar-refractivity contribution in [3.05, 3.63) is 35.9 Å². The first-order valence-electron chi connectivity index (χ1n) is 5.34. The first-order chi connectivity index (χ1) is 7.72. The van der Waals surface area contributed by atoms with Gasteiger partial charge in [-0.15, -0.1) is 0 Å². The molecule has 0 saturated heterocycles. The van der Waals surface area contributed by atoms with Crippen molar-refractivity contribution in [3.63, 3.8) is 0 Å². The summed E-state index contributed by atoms with van der Waals surface area (Å²) in [7, 11) is 0. The van der Waals surface area contributed by atoms with Gasteiger partial charge in [0.1, 0.15) is 5.75 Å². The predicted octanol–water partition coefficient (Wildman–Crippen LogP) is -1.37. The zero-order valence-corrected chi connectivity index (χ0v) is 10.3. The average Bonchev–Trinajstić information content (AvgIpc) is 2.28. The molecular weight excluding hydrogens is 211 g/mol. The molecule has 0 atom stereocenters. The van der Waals surface area contributed by atoms with Gasteiger partial charge < -0.3 is 14.6 Å². The van der Waals surface area contributed by atoms with E-state index in [4.69, 9.17) is 4.74 Å². The molecule has 0 N–H and O–H groups in total. The summed E-state index contributed by atoms with van der Waals surface area (Å²) in [6.45, 7) is 2.82. The molecular formula is C13H15LiO3. The Morgan fingerprint density at radius 3 is 2.53 bits per heavy atom. The van der Waals surface area contributed by atoms with Crippen LogP contribution >= 0.6 is 0 Å². The molecule has 0 aromatic heterocycles. The van der Waals surface area contributed by atoms with Crippen LogP contribution in [0.1, 0.15) is 25.3 Å². The molecule has 0 radical (unpaired) electrons. The Kier molecular flexibility index (Phi) is 8.30. The molecule has 0 unspecified atom stereocenters. The molecule has 0 bridgehead atoms. The van der Waals surface area contributed by atoms with E-state index >= 15 is 0 Å². The van der Waals surface area contributed by atoms with Crippen LogP contribution in [0, 0.1) is 0 Å². The Labute approximate surface area is 114 Å². The van der Waals surface area contributed by atoms with Gasteiger partial charge in [-0.1, -0.05) is 31.6 Å². The third-order valence-corrected chi connectivity index (χ3v) is 2.06. The molecule has 0 aliphatic rings. The van der Waals surface area contributed by atoms with Gasteiger partial charge in [0.25, 0.3) is 0 Å². The summed E-state index contributed by atoms with van der Waals surface area (Å²) in [6.07, 6.45) is 4.64. The smallest absolute Gasteiger partial charge is 0.545 e. The topological polar surface area (TPSA) is 49.4 Å². The van der Waals surface area contributed by atoms with E-state index in [0.29, 0.717) is 6.61 Å². The standard InChI is InChI=1S/C13H16O3.Li/c1-2-3-10-16-12-7-4-11(5-8-12)6-9-13(14)15;/h4-9H,2-3,10H2,1H3,(H,14,15);/q;+1/p-1/b9-6+;. The molecule has 0 fully saturated rings. The molecule has 0 saturated carbocycles. The Morgan fingerprint density at radius 1 is 1.35 bits per heavy atom. The van der Waals surface area contributed by atoms with Crippen LogP contribution < -0.4 is 28.7 Å². The fraction of sp³-hybridized carbons (Fsp3) is 0.308. The SMILES string of the molecule is CCCCOc1ccc(/C=C/C(=O)[O-])cc1.[Li+]. The third-order valence-electron chi connectivity index (χ3n) is 2.06. The van der Waals surface area contributed by atoms with Crippen molar-refractivity contribution in [3.8, 4) is 5.75 Å². The van der Waals surface area contributed by atoms with Crippen LogP contribution in [0.4, 0.5) is 0 Å². The minimum Gasteiger partial charge on any atom is -0.545 e. The van der Waals surface area contributed by atoms with Crippen molar-refractivity contribution >= 4 is 12.0 Å². The Morgan fingerprint density at radius 2 is 2.00 bits per heavy atom. The molecule has 0 aliphatic heterocycles. The molecule has 1 rings (SSSR count). The normalized spacial score (nSPS) is 9.94.